The van der Waals surface area contributed by atoms with Gasteiger partial charge in [0.2, 0.25) is 0 Å². The number of halogens is 3. The Hall–Kier alpha value is -2.73. The van der Waals surface area contributed by atoms with Crippen molar-refractivity contribution < 1.29 is 14.3 Å². The van der Waals surface area contributed by atoms with E-state index in [0.717, 1.165) is 14.7 Å². The molecule has 0 aliphatic heterocycles. The van der Waals surface area contributed by atoms with E-state index in [4.69, 9.17) is 32.7 Å². The number of ether oxygens (including phenoxy) is 2. The molecule has 0 fully saturated rings. The Labute approximate surface area is 216 Å². The second-order valence-corrected chi connectivity index (χ2v) is 9.04. The molecule has 5 nitrogen and oxygen atoms in total. The number of carbonyl (C=O) groups is 1. The first-order valence-electron chi connectivity index (χ1n) is 9.74. The number of nitrogens with zero attached hydrogens (tertiary/aromatic N) is 1. The second-order valence-electron chi connectivity index (χ2n) is 7.06. The largest absolute Gasteiger partial charge is 0.493 e. The van der Waals surface area contributed by atoms with E-state index in [0.29, 0.717) is 39.4 Å². The number of rotatable bonds is 7. The number of nitrogens with one attached hydrogen (secondary N) is 1. The SMILES string of the molecule is COc1cc(/C=C(\C#N)C(=O)Nc2ccc(Cl)c(Cl)c2)cc(I)c1OCc1cccc(C)c1. The average Bonchev–Trinajstić information content (AvgIpc) is 2.78. The molecule has 0 spiro atoms. The first-order chi connectivity index (χ1) is 15.8. The van der Waals surface area contributed by atoms with Crippen LogP contribution in [0.1, 0.15) is 16.7 Å². The molecule has 0 atom stereocenters. The molecular formula is C25H19Cl2IN2O3. The summed E-state index contributed by atoms with van der Waals surface area (Å²) in [5, 5.41) is 12.9. The number of methoxy groups -OCH3 is 1. The van der Waals surface area contributed by atoms with Gasteiger partial charge in [-0.15, -0.1) is 0 Å². The molecular weight excluding hydrogens is 574 g/mol. The summed E-state index contributed by atoms with van der Waals surface area (Å²) in [6.07, 6.45) is 1.49. The molecule has 0 saturated heterocycles. The van der Waals surface area contributed by atoms with Crippen molar-refractivity contribution in [2.75, 3.05) is 12.4 Å². The number of hydrogen-bond acceptors (Lipinski definition) is 4. The fourth-order valence-electron chi connectivity index (χ4n) is 3.01. The highest BCUT2D eigenvalue weighted by Crippen LogP contribution is 2.35. The van der Waals surface area contributed by atoms with E-state index < -0.39 is 5.91 Å². The summed E-state index contributed by atoms with van der Waals surface area (Å²) in [5.74, 6) is 0.531. The Morgan fingerprint density at radius 2 is 1.94 bits per heavy atom. The lowest BCUT2D eigenvalue weighted by molar-refractivity contribution is -0.112. The number of nitriles is 1. The summed E-state index contributed by atoms with van der Waals surface area (Å²) in [6, 6.07) is 18.2. The van der Waals surface area contributed by atoms with E-state index in [1.807, 2.05) is 37.3 Å². The number of carbonyl (C=O) groups excluding carboxylic acids is 1. The minimum Gasteiger partial charge on any atom is -0.493 e. The standard InChI is InChI=1S/C25H19Cl2IN2O3/c1-15-4-3-5-16(8-15)14-33-24-22(28)10-17(11-23(24)32-2)9-18(13-29)25(31)30-19-6-7-20(26)21(27)12-19/h3-12H,14H2,1-2H3,(H,30,31)/b18-9+. The highest BCUT2D eigenvalue weighted by molar-refractivity contribution is 14.1. The van der Waals surface area contributed by atoms with Gasteiger partial charge >= 0.3 is 0 Å². The summed E-state index contributed by atoms with van der Waals surface area (Å²) in [5.41, 5.74) is 3.18. The molecule has 0 aliphatic carbocycles. The molecule has 1 amide bonds. The van der Waals surface area contributed by atoms with Crippen LogP contribution in [0.2, 0.25) is 10.0 Å². The van der Waals surface area contributed by atoms with Crippen molar-refractivity contribution in [1.82, 2.24) is 0 Å². The highest BCUT2D eigenvalue weighted by Gasteiger charge is 2.15. The van der Waals surface area contributed by atoms with Crippen molar-refractivity contribution in [3.63, 3.8) is 0 Å². The van der Waals surface area contributed by atoms with Crippen LogP contribution < -0.4 is 14.8 Å². The highest BCUT2D eigenvalue weighted by atomic mass is 127. The maximum Gasteiger partial charge on any atom is 0.266 e. The van der Waals surface area contributed by atoms with Crippen LogP contribution in [-0.2, 0) is 11.4 Å². The molecule has 0 radical (unpaired) electrons. The molecule has 0 heterocycles. The lowest BCUT2D eigenvalue weighted by Gasteiger charge is -2.14. The predicted molar refractivity (Wildman–Crippen MR) is 140 cm³/mol. The fraction of sp³-hybridized carbons (Fsp3) is 0.120. The van der Waals surface area contributed by atoms with Crippen molar-refractivity contribution in [3.05, 3.63) is 90.5 Å². The van der Waals surface area contributed by atoms with Gasteiger partial charge in [0.1, 0.15) is 18.2 Å². The number of aryl methyl sites for hydroxylation is 1. The van der Waals surface area contributed by atoms with Gasteiger partial charge in [0.25, 0.3) is 5.91 Å². The molecule has 0 aliphatic rings. The summed E-state index contributed by atoms with van der Waals surface area (Å²) < 4.78 is 12.3. The smallest absolute Gasteiger partial charge is 0.266 e. The Morgan fingerprint density at radius 1 is 1.15 bits per heavy atom. The van der Waals surface area contributed by atoms with Crippen LogP contribution >= 0.6 is 45.8 Å². The van der Waals surface area contributed by atoms with E-state index in [2.05, 4.69) is 34.0 Å². The van der Waals surface area contributed by atoms with Gasteiger partial charge in [-0.05, 0) is 77.0 Å². The Kier molecular flexibility index (Phi) is 8.61. The number of benzene rings is 3. The molecule has 168 valence electrons. The normalized spacial score (nSPS) is 11.0. The van der Waals surface area contributed by atoms with Crippen LogP contribution in [0.5, 0.6) is 11.5 Å². The van der Waals surface area contributed by atoms with E-state index >= 15 is 0 Å². The Balaban J connectivity index is 1.82. The first-order valence-corrected chi connectivity index (χ1v) is 11.6. The van der Waals surface area contributed by atoms with Crippen LogP contribution in [0.3, 0.4) is 0 Å². The maximum absolute atomic E-state index is 12.6. The molecule has 1 N–H and O–H groups in total. The zero-order valence-corrected chi connectivity index (χ0v) is 21.5. The summed E-state index contributed by atoms with van der Waals surface area (Å²) >= 11 is 14.0. The third-order valence-corrected chi connectivity index (χ3v) is 6.11. The second kappa shape index (κ2) is 11.4. The minimum atomic E-state index is -0.565. The van der Waals surface area contributed by atoms with E-state index in [-0.39, 0.29) is 5.57 Å². The lowest BCUT2D eigenvalue weighted by atomic mass is 10.1. The van der Waals surface area contributed by atoms with Crippen LogP contribution in [0.15, 0.2) is 60.2 Å². The van der Waals surface area contributed by atoms with Gasteiger partial charge in [0, 0.05) is 5.69 Å². The minimum absolute atomic E-state index is 0.0765. The van der Waals surface area contributed by atoms with Crippen LogP contribution in [0, 0.1) is 21.8 Å². The van der Waals surface area contributed by atoms with E-state index in [1.54, 1.807) is 25.3 Å². The van der Waals surface area contributed by atoms with Crippen molar-refractivity contribution in [2.45, 2.75) is 13.5 Å². The predicted octanol–water partition coefficient (Wildman–Crippen LogP) is 7.04. The molecule has 3 rings (SSSR count). The third kappa shape index (κ3) is 6.64. The first kappa shape index (κ1) is 24.9. The zero-order valence-electron chi connectivity index (χ0n) is 17.8. The summed E-state index contributed by atoms with van der Waals surface area (Å²) in [4.78, 5) is 12.6. The average molecular weight is 593 g/mol. The fourth-order valence-corrected chi connectivity index (χ4v) is 4.09. The van der Waals surface area contributed by atoms with Gasteiger partial charge < -0.3 is 14.8 Å². The molecule has 0 unspecified atom stereocenters. The Bertz CT molecular complexity index is 1270. The summed E-state index contributed by atoms with van der Waals surface area (Å²) in [6.45, 7) is 2.41. The van der Waals surface area contributed by atoms with Crippen LogP contribution in [-0.4, -0.2) is 13.0 Å². The molecule has 0 saturated carbocycles. The van der Waals surface area contributed by atoms with Gasteiger partial charge in [-0.25, -0.2) is 0 Å². The van der Waals surface area contributed by atoms with Gasteiger partial charge in [0.05, 0.1) is 20.7 Å². The molecule has 8 heteroatoms. The maximum atomic E-state index is 12.6. The Morgan fingerprint density at radius 3 is 2.61 bits per heavy atom. The topological polar surface area (TPSA) is 71.3 Å². The molecule has 3 aromatic rings. The molecule has 0 bridgehead atoms. The quantitative estimate of drug-likeness (QED) is 0.181. The van der Waals surface area contributed by atoms with Gasteiger partial charge in [-0.1, -0.05) is 53.0 Å². The lowest BCUT2D eigenvalue weighted by Crippen LogP contribution is -2.13. The van der Waals surface area contributed by atoms with Crippen molar-refractivity contribution in [2.24, 2.45) is 0 Å². The number of hydrogen-bond donors (Lipinski definition) is 1. The van der Waals surface area contributed by atoms with Crippen LogP contribution in [0.25, 0.3) is 6.08 Å². The zero-order chi connectivity index (χ0) is 24.0. The van der Waals surface area contributed by atoms with Crippen molar-refractivity contribution >= 4 is 63.5 Å². The number of anilines is 1. The van der Waals surface area contributed by atoms with E-state index in [9.17, 15) is 10.1 Å². The number of amides is 1. The van der Waals surface area contributed by atoms with Crippen molar-refractivity contribution in [1.29, 1.82) is 5.26 Å². The van der Waals surface area contributed by atoms with Gasteiger partial charge in [-0.3, -0.25) is 4.79 Å². The van der Waals surface area contributed by atoms with Crippen molar-refractivity contribution in [3.8, 4) is 17.6 Å². The summed E-state index contributed by atoms with van der Waals surface area (Å²) in [7, 11) is 1.54. The molecule has 3 aromatic carbocycles. The van der Waals surface area contributed by atoms with Gasteiger partial charge in [-0.2, -0.15) is 5.26 Å². The van der Waals surface area contributed by atoms with E-state index in [1.165, 1.54) is 12.1 Å². The molecule has 33 heavy (non-hydrogen) atoms. The molecule has 0 aromatic heterocycles. The third-order valence-electron chi connectivity index (χ3n) is 4.57. The van der Waals surface area contributed by atoms with Gasteiger partial charge in [0.15, 0.2) is 11.5 Å². The monoisotopic (exact) mass is 592 g/mol. The van der Waals surface area contributed by atoms with Crippen LogP contribution in [0.4, 0.5) is 5.69 Å².